The highest BCUT2D eigenvalue weighted by Crippen LogP contribution is 2.14. The summed E-state index contributed by atoms with van der Waals surface area (Å²) < 4.78 is 0. The van der Waals surface area contributed by atoms with Crippen molar-refractivity contribution in [2.75, 3.05) is 0 Å². The minimum atomic E-state index is 0.569. The van der Waals surface area contributed by atoms with Crippen LogP contribution in [0.15, 0.2) is 16.2 Å². The van der Waals surface area contributed by atoms with Gasteiger partial charge in [-0.1, -0.05) is 18.5 Å². The molecule has 0 amide bonds. The van der Waals surface area contributed by atoms with E-state index >= 15 is 0 Å². The maximum atomic E-state index is 5.57. The van der Waals surface area contributed by atoms with Gasteiger partial charge in [-0.2, -0.15) is 0 Å². The number of allylic oxidation sites excluding steroid dienone is 1. The SMILES string of the molecule is CC1C=C(Cl)N=CC1. The van der Waals surface area contributed by atoms with Crippen LogP contribution in [-0.2, 0) is 0 Å². The molecule has 44 valence electrons. The van der Waals surface area contributed by atoms with E-state index in [0.29, 0.717) is 11.1 Å². The van der Waals surface area contributed by atoms with E-state index in [1.54, 1.807) is 0 Å². The predicted octanol–water partition coefficient (Wildman–Crippen LogP) is 2.18. The van der Waals surface area contributed by atoms with Crippen molar-refractivity contribution in [3.8, 4) is 0 Å². The van der Waals surface area contributed by atoms with Crippen LogP contribution in [0.3, 0.4) is 0 Å². The summed E-state index contributed by atoms with van der Waals surface area (Å²) in [5.41, 5.74) is 0. The smallest absolute Gasteiger partial charge is 0.124 e. The lowest BCUT2D eigenvalue weighted by atomic mass is 10.1. The lowest BCUT2D eigenvalue weighted by molar-refractivity contribution is 0.762. The Morgan fingerprint density at radius 3 is 3.00 bits per heavy atom. The Morgan fingerprint density at radius 2 is 2.62 bits per heavy atom. The first-order chi connectivity index (χ1) is 3.79. The van der Waals surface area contributed by atoms with Gasteiger partial charge in [0.15, 0.2) is 0 Å². The van der Waals surface area contributed by atoms with Crippen molar-refractivity contribution in [2.24, 2.45) is 10.9 Å². The van der Waals surface area contributed by atoms with E-state index in [4.69, 9.17) is 11.6 Å². The van der Waals surface area contributed by atoms with E-state index in [-0.39, 0.29) is 0 Å². The van der Waals surface area contributed by atoms with Crippen LogP contribution in [0.25, 0.3) is 0 Å². The van der Waals surface area contributed by atoms with Gasteiger partial charge < -0.3 is 0 Å². The number of nitrogens with zero attached hydrogens (tertiary/aromatic N) is 1. The molecule has 0 aromatic heterocycles. The zero-order valence-electron chi connectivity index (χ0n) is 4.76. The maximum Gasteiger partial charge on any atom is 0.124 e. The zero-order valence-corrected chi connectivity index (χ0v) is 5.52. The van der Waals surface area contributed by atoms with Gasteiger partial charge in [0.2, 0.25) is 0 Å². The monoisotopic (exact) mass is 129 g/mol. The number of halogens is 1. The molecule has 1 rings (SSSR count). The summed E-state index contributed by atoms with van der Waals surface area (Å²) in [6, 6.07) is 0. The van der Waals surface area contributed by atoms with Crippen LogP contribution in [0.5, 0.6) is 0 Å². The summed E-state index contributed by atoms with van der Waals surface area (Å²) in [6.45, 7) is 2.12. The Morgan fingerprint density at radius 1 is 1.88 bits per heavy atom. The van der Waals surface area contributed by atoms with E-state index in [9.17, 15) is 0 Å². The number of aliphatic imine (C=N–C) groups is 1. The van der Waals surface area contributed by atoms with Gasteiger partial charge in [0, 0.05) is 6.21 Å². The molecule has 0 aromatic rings. The van der Waals surface area contributed by atoms with Crippen molar-refractivity contribution in [1.82, 2.24) is 0 Å². The number of hydrogen-bond acceptors (Lipinski definition) is 1. The van der Waals surface area contributed by atoms with Crippen molar-refractivity contribution in [3.05, 3.63) is 11.2 Å². The molecule has 0 fully saturated rings. The molecule has 1 atom stereocenters. The first kappa shape index (κ1) is 5.83. The summed E-state index contributed by atoms with van der Waals surface area (Å²) >= 11 is 5.57. The van der Waals surface area contributed by atoms with E-state index in [0.717, 1.165) is 6.42 Å². The van der Waals surface area contributed by atoms with Gasteiger partial charge in [0.05, 0.1) is 0 Å². The Balaban J connectivity index is 2.63. The molecule has 0 radical (unpaired) electrons. The van der Waals surface area contributed by atoms with Crippen molar-refractivity contribution in [2.45, 2.75) is 13.3 Å². The molecule has 0 N–H and O–H groups in total. The lowest BCUT2D eigenvalue weighted by Gasteiger charge is -2.04. The fraction of sp³-hybridized carbons (Fsp3) is 0.500. The molecule has 0 saturated heterocycles. The van der Waals surface area contributed by atoms with Crippen LogP contribution in [0.2, 0.25) is 0 Å². The fourth-order valence-corrected chi connectivity index (χ4v) is 0.936. The molecule has 1 aliphatic heterocycles. The highest BCUT2D eigenvalue weighted by molar-refractivity contribution is 6.29. The third kappa shape index (κ3) is 1.34. The predicted molar refractivity (Wildman–Crippen MR) is 36.2 cm³/mol. The highest BCUT2D eigenvalue weighted by atomic mass is 35.5. The van der Waals surface area contributed by atoms with Gasteiger partial charge >= 0.3 is 0 Å². The number of hydrogen-bond donors (Lipinski definition) is 0. The molecule has 8 heavy (non-hydrogen) atoms. The second kappa shape index (κ2) is 2.31. The molecule has 0 aliphatic carbocycles. The fourth-order valence-electron chi connectivity index (χ4n) is 0.652. The van der Waals surface area contributed by atoms with Crippen LogP contribution in [0, 0.1) is 5.92 Å². The standard InChI is InChI=1S/C6H8ClN/c1-5-2-3-8-6(7)4-5/h3-5H,2H2,1H3. The molecule has 0 aromatic carbocycles. The van der Waals surface area contributed by atoms with Crippen molar-refractivity contribution < 1.29 is 0 Å². The van der Waals surface area contributed by atoms with Crippen molar-refractivity contribution >= 4 is 17.8 Å². The second-order valence-electron chi connectivity index (χ2n) is 2.01. The molecule has 0 saturated carbocycles. The molecule has 1 nitrogen and oxygen atoms in total. The van der Waals surface area contributed by atoms with E-state index < -0.39 is 0 Å². The minimum absolute atomic E-state index is 0.569. The van der Waals surface area contributed by atoms with Crippen LogP contribution < -0.4 is 0 Å². The summed E-state index contributed by atoms with van der Waals surface area (Å²) in [7, 11) is 0. The van der Waals surface area contributed by atoms with Crippen molar-refractivity contribution in [3.63, 3.8) is 0 Å². The summed E-state index contributed by atoms with van der Waals surface area (Å²) in [4.78, 5) is 3.88. The zero-order chi connectivity index (χ0) is 5.98. The Hall–Kier alpha value is -0.300. The Labute approximate surface area is 54.1 Å². The van der Waals surface area contributed by atoms with Gasteiger partial charge in [-0.25, -0.2) is 4.99 Å². The number of rotatable bonds is 0. The summed E-state index contributed by atoms with van der Waals surface area (Å²) in [5, 5.41) is 0.628. The molecule has 1 unspecified atom stereocenters. The second-order valence-corrected chi connectivity index (χ2v) is 2.40. The van der Waals surface area contributed by atoms with Crippen LogP contribution in [-0.4, -0.2) is 6.21 Å². The lowest BCUT2D eigenvalue weighted by Crippen LogP contribution is -1.95. The van der Waals surface area contributed by atoms with Crippen molar-refractivity contribution in [1.29, 1.82) is 0 Å². The molecular formula is C6H8ClN. The first-order valence-electron chi connectivity index (χ1n) is 2.69. The average molecular weight is 130 g/mol. The summed E-state index contributed by atoms with van der Waals surface area (Å²) in [6.07, 6.45) is 4.84. The Kier molecular flexibility index (Phi) is 1.69. The van der Waals surface area contributed by atoms with Gasteiger partial charge in [0.25, 0.3) is 0 Å². The van der Waals surface area contributed by atoms with Crippen LogP contribution >= 0.6 is 11.6 Å². The maximum absolute atomic E-state index is 5.57. The van der Waals surface area contributed by atoms with Crippen LogP contribution in [0.1, 0.15) is 13.3 Å². The first-order valence-corrected chi connectivity index (χ1v) is 3.06. The van der Waals surface area contributed by atoms with Gasteiger partial charge in [0.1, 0.15) is 5.16 Å². The topological polar surface area (TPSA) is 12.4 Å². The van der Waals surface area contributed by atoms with E-state index in [1.807, 2.05) is 12.3 Å². The highest BCUT2D eigenvalue weighted by Gasteiger charge is 2.00. The third-order valence-corrected chi connectivity index (χ3v) is 1.34. The quantitative estimate of drug-likeness (QED) is 0.445. The van der Waals surface area contributed by atoms with E-state index in [2.05, 4.69) is 11.9 Å². The molecular weight excluding hydrogens is 122 g/mol. The Bertz CT molecular complexity index is 137. The molecule has 0 spiro atoms. The molecule has 0 bridgehead atoms. The van der Waals surface area contributed by atoms with Gasteiger partial charge in [-0.05, 0) is 18.4 Å². The third-order valence-electron chi connectivity index (χ3n) is 1.11. The van der Waals surface area contributed by atoms with Gasteiger partial charge in [-0.15, -0.1) is 0 Å². The summed E-state index contributed by atoms with van der Waals surface area (Å²) in [5.74, 6) is 0.569. The molecule has 1 aliphatic rings. The minimum Gasteiger partial charge on any atom is -0.249 e. The molecule has 1 heterocycles. The normalized spacial score (nSPS) is 27.8. The molecule has 2 heteroatoms. The average Bonchev–Trinajstić information content (AvgIpc) is 1.64. The van der Waals surface area contributed by atoms with Gasteiger partial charge in [-0.3, -0.25) is 0 Å². The largest absolute Gasteiger partial charge is 0.249 e. The van der Waals surface area contributed by atoms with Crippen LogP contribution in [0.4, 0.5) is 0 Å². The van der Waals surface area contributed by atoms with E-state index in [1.165, 1.54) is 0 Å².